The molecule has 2 rings (SSSR count). The van der Waals surface area contributed by atoms with Crippen molar-refractivity contribution in [3.05, 3.63) is 64.7 Å². The van der Waals surface area contributed by atoms with Crippen LogP contribution in [0.1, 0.15) is 43.0 Å². The summed E-state index contributed by atoms with van der Waals surface area (Å²) in [5.41, 5.74) is 4.59. The molecule has 110 valence electrons. The normalized spacial score (nSPS) is 12.6. The van der Waals surface area contributed by atoms with E-state index >= 15 is 0 Å². The third-order valence-electron chi connectivity index (χ3n) is 3.60. The smallest absolute Gasteiger partial charge is 0.000806 e. The zero-order valence-corrected chi connectivity index (χ0v) is 14.3. The highest BCUT2D eigenvalue weighted by atomic mass is 31.1. The molecule has 0 fully saturated rings. The van der Waals surface area contributed by atoms with E-state index in [-0.39, 0.29) is 10.9 Å². The van der Waals surface area contributed by atoms with Gasteiger partial charge in [0.15, 0.2) is 0 Å². The Bertz CT molecular complexity index is 641. The summed E-state index contributed by atoms with van der Waals surface area (Å²) < 4.78 is 0. The van der Waals surface area contributed by atoms with Crippen molar-refractivity contribution in [3.8, 4) is 0 Å². The highest BCUT2D eigenvalue weighted by molar-refractivity contribution is 7.49. The molecule has 0 aliphatic heterocycles. The topological polar surface area (TPSA) is 23.1 Å². The lowest BCUT2D eigenvalue weighted by atomic mass is 9.84. The van der Waals surface area contributed by atoms with Crippen molar-refractivity contribution < 1.29 is 5.11 Å². The van der Waals surface area contributed by atoms with E-state index in [1.54, 1.807) is 0 Å². The number of aryl methyl sites for hydroxylation is 2. The summed E-state index contributed by atoms with van der Waals surface area (Å²) in [6, 6.07) is 14.2. The maximum absolute atomic E-state index is 12.6. The van der Waals surface area contributed by atoms with Gasteiger partial charge in [-0.25, -0.2) is 0 Å². The van der Waals surface area contributed by atoms with Crippen molar-refractivity contribution in [1.82, 2.24) is 0 Å². The summed E-state index contributed by atoms with van der Waals surface area (Å²) in [5, 5.41) is 13.6. The van der Waals surface area contributed by atoms with Gasteiger partial charge in [-0.2, -0.15) is 0 Å². The van der Waals surface area contributed by atoms with Crippen molar-refractivity contribution in [2.75, 3.05) is 0 Å². The molecule has 0 saturated carbocycles. The molecule has 0 aromatic heterocycles. The van der Waals surface area contributed by atoms with Crippen molar-refractivity contribution in [1.29, 1.82) is 0 Å². The maximum Gasteiger partial charge on any atom is 0.000806 e. The molecule has 0 spiro atoms. The van der Waals surface area contributed by atoms with E-state index in [9.17, 15) is 5.11 Å². The van der Waals surface area contributed by atoms with Crippen LogP contribution >= 0.6 is 8.20 Å². The van der Waals surface area contributed by atoms with E-state index in [1.807, 2.05) is 44.2 Å². The van der Waals surface area contributed by atoms with Gasteiger partial charge in [0, 0.05) is 5.30 Å². The quantitative estimate of drug-likeness (QED) is 0.775. The van der Waals surface area contributed by atoms with Crippen LogP contribution in [0, 0.1) is 13.8 Å². The molecule has 0 heterocycles. The first kappa shape index (κ1) is 15.9. The molecular formula is C19H22OP-. The predicted molar refractivity (Wildman–Crippen MR) is 91.7 cm³/mol. The zero-order chi connectivity index (χ0) is 15.6. The molecule has 1 nitrogen and oxygen atoms in total. The van der Waals surface area contributed by atoms with Crippen LogP contribution in [-0.2, 0) is 5.41 Å². The average Bonchev–Trinajstić information content (AvgIpc) is 2.37. The summed E-state index contributed by atoms with van der Waals surface area (Å²) in [7, 11) is 0.746. The first-order valence-corrected chi connectivity index (χ1v) is 8.11. The molecule has 0 saturated heterocycles. The van der Waals surface area contributed by atoms with Gasteiger partial charge in [-0.15, -0.1) is 5.48 Å². The highest BCUT2D eigenvalue weighted by Crippen LogP contribution is 2.27. The minimum Gasteiger partial charge on any atom is -0.823 e. The lowest BCUT2D eigenvalue weighted by molar-refractivity contribution is -0.207. The van der Waals surface area contributed by atoms with Crippen LogP contribution in [-0.4, -0.2) is 5.48 Å². The Morgan fingerprint density at radius 1 is 0.952 bits per heavy atom. The Hall–Kier alpha value is -1.43. The lowest BCUT2D eigenvalue weighted by Crippen LogP contribution is -2.21. The minimum absolute atomic E-state index is 0.105. The molecule has 0 radical (unpaired) electrons. The van der Waals surface area contributed by atoms with E-state index in [4.69, 9.17) is 0 Å². The van der Waals surface area contributed by atoms with Crippen molar-refractivity contribution in [2.24, 2.45) is 0 Å². The first-order chi connectivity index (χ1) is 9.79. The van der Waals surface area contributed by atoms with Gasteiger partial charge >= 0.3 is 0 Å². The fourth-order valence-electron chi connectivity index (χ4n) is 2.41. The summed E-state index contributed by atoms with van der Waals surface area (Å²) in [5.74, 6) is 0. The third kappa shape index (κ3) is 3.81. The molecule has 21 heavy (non-hydrogen) atoms. The number of rotatable bonds is 2. The fraction of sp³-hybridized carbons (Fsp3) is 0.316. The van der Waals surface area contributed by atoms with Gasteiger partial charge in [0.1, 0.15) is 0 Å². The predicted octanol–water partition coefficient (Wildman–Crippen LogP) is 3.71. The average molecular weight is 297 g/mol. The zero-order valence-electron chi connectivity index (χ0n) is 13.4. The van der Waals surface area contributed by atoms with E-state index in [2.05, 4.69) is 32.9 Å². The lowest BCUT2D eigenvalue weighted by Gasteiger charge is -2.24. The van der Waals surface area contributed by atoms with E-state index in [0.717, 1.165) is 30.2 Å². The van der Waals surface area contributed by atoms with Crippen LogP contribution in [0.3, 0.4) is 0 Å². The minimum atomic E-state index is 0.105. The largest absolute Gasteiger partial charge is 0.823 e. The van der Waals surface area contributed by atoms with E-state index in [0.29, 0.717) is 0 Å². The number of hydrogen-bond acceptors (Lipinski definition) is 1. The summed E-state index contributed by atoms with van der Waals surface area (Å²) in [6.45, 7) is 10.7. The number of hydrogen-bond donors (Lipinski definition) is 0. The molecule has 0 aliphatic rings. The molecule has 2 aromatic rings. The molecule has 2 heteroatoms. The van der Waals surface area contributed by atoms with E-state index in [1.165, 1.54) is 5.56 Å². The monoisotopic (exact) mass is 297 g/mol. The highest BCUT2D eigenvalue weighted by Gasteiger charge is 2.15. The standard InChI is InChI=1S/C19H23OP/c1-13-11-15(19(3,4)5)12-14(2)17(13)18(20)21-16-9-7-6-8-10-16/h6-12,20H,1-5H3/p-1. The Balaban J connectivity index is 2.48. The Labute approximate surface area is 129 Å². The van der Waals surface area contributed by atoms with Gasteiger partial charge in [-0.05, 0) is 41.5 Å². The first-order valence-electron chi connectivity index (χ1n) is 7.22. The van der Waals surface area contributed by atoms with Crippen molar-refractivity contribution in [3.63, 3.8) is 0 Å². The van der Waals surface area contributed by atoms with Crippen LogP contribution < -0.4 is 10.4 Å². The SMILES string of the molecule is Cc1cc(C(C)(C)C)cc(C)c1C([O-])=Pc1ccccc1. The van der Waals surface area contributed by atoms with Gasteiger partial charge in [-0.3, -0.25) is 0 Å². The van der Waals surface area contributed by atoms with Crippen LogP contribution in [0.5, 0.6) is 0 Å². The van der Waals surface area contributed by atoms with Crippen LogP contribution in [0.15, 0.2) is 42.5 Å². The molecule has 0 atom stereocenters. The third-order valence-corrected chi connectivity index (χ3v) is 4.58. The molecular weight excluding hydrogens is 275 g/mol. The molecule has 2 aromatic carbocycles. The summed E-state index contributed by atoms with van der Waals surface area (Å²) in [4.78, 5) is 0. The Morgan fingerprint density at radius 3 is 1.95 bits per heavy atom. The van der Waals surface area contributed by atoms with Gasteiger partial charge in [0.05, 0.1) is 0 Å². The molecule has 0 N–H and O–H groups in total. The van der Waals surface area contributed by atoms with Gasteiger partial charge in [0.25, 0.3) is 0 Å². The second kappa shape index (κ2) is 6.13. The van der Waals surface area contributed by atoms with Crippen molar-refractivity contribution in [2.45, 2.75) is 40.0 Å². The molecule has 0 bridgehead atoms. The van der Waals surface area contributed by atoms with Crippen LogP contribution in [0.2, 0.25) is 0 Å². The summed E-state index contributed by atoms with van der Waals surface area (Å²) in [6.07, 6.45) is 0. The Kier molecular flexibility index (Phi) is 4.66. The second-order valence-corrected chi connectivity index (χ2v) is 7.63. The van der Waals surface area contributed by atoms with Gasteiger partial charge in [0.2, 0.25) is 0 Å². The second-order valence-electron chi connectivity index (χ2n) is 6.49. The van der Waals surface area contributed by atoms with Crippen molar-refractivity contribution >= 4 is 19.0 Å². The number of benzene rings is 2. The van der Waals surface area contributed by atoms with Gasteiger partial charge < -0.3 is 5.11 Å². The molecule has 0 aliphatic carbocycles. The van der Waals surface area contributed by atoms with Crippen LogP contribution in [0.25, 0.3) is 0 Å². The van der Waals surface area contributed by atoms with E-state index < -0.39 is 0 Å². The molecule has 0 unspecified atom stereocenters. The van der Waals surface area contributed by atoms with Gasteiger partial charge in [-0.1, -0.05) is 71.4 Å². The summed E-state index contributed by atoms with van der Waals surface area (Å²) >= 11 is 0. The fourth-order valence-corrected chi connectivity index (χ4v) is 3.43. The maximum atomic E-state index is 12.6. The Morgan fingerprint density at radius 2 is 1.48 bits per heavy atom. The van der Waals surface area contributed by atoms with Crippen LogP contribution in [0.4, 0.5) is 0 Å². The molecule has 0 amide bonds.